The fourth-order valence-electron chi connectivity index (χ4n) is 3.24. The van der Waals surface area contributed by atoms with Gasteiger partial charge in [0.15, 0.2) is 0 Å². The Kier molecular flexibility index (Phi) is 6.00. The highest BCUT2D eigenvalue weighted by Crippen LogP contribution is 2.27. The third-order valence-electron chi connectivity index (χ3n) is 4.64. The monoisotopic (exact) mass is 421 g/mol. The van der Waals surface area contributed by atoms with E-state index in [1.807, 2.05) is 20.8 Å². The quantitative estimate of drug-likeness (QED) is 0.757. The molecule has 1 aromatic carbocycles. The van der Waals surface area contributed by atoms with E-state index >= 15 is 0 Å². The number of fused-ring (bicyclic) bond motifs is 1. The van der Waals surface area contributed by atoms with Crippen LogP contribution in [0.3, 0.4) is 0 Å². The average Bonchev–Trinajstić information content (AvgIpc) is 2.92. The Balaban J connectivity index is 1.79. The standard InChI is InChI=1S/C20H27N3O5S/c1-20(2,3)28-19(24)22-10-5-11-23(13-12-22)29(25,26)16-6-7-17-15(14-16)8-9-21-18(17)27-4/h6-9,14H,5,10-13H2,1-4H3. The molecule has 1 aliphatic rings. The summed E-state index contributed by atoms with van der Waals surface area (Å²) in [5.74, 6) is 0.453. The summed E-state index contributed by atoms with van der Waals surface area (Å²) >= 11 is 0. The molecule has 0 saturated carbocycles. The molecule has 0 aliphatic carbocycles. The van der Waals surface area contributed by atoms with Crippen LogP contribution in [0.25, 0.3) is 10.8 Å². The van der Waals surface area contributed by atoms with E-state index in [4.69, 9.17) is 9.47 Å². The largest absolute Gasteiger partial charge is 0.481 e. The van der Waals surface area contributed by atoms with Gasteiger partial charge in [0.2, 0.25) is 15.9 Å². The number of carbonyl (C=O) groups is 1. The van der Waals surface area contributed by atoms with E-state index in [2.05, 4.69) is 4.98 Å². The highest BCUT2D eigenvalue weighted by atomic mass is 32.2. The van der Waals surface area contributed by atoms with Gasteiger partial charge in [-0.05, 0) is 56.8 Å². The van der Waals surface area contributed by atoms with E-state index < -0.39 is 21.7 Å². The minimum Gasteiger partial charge on any atom is -0.481 e. The maximum atomic E-state index is 13.2. The lowest BCUT2D eigenvalue weighted by Crippen LogP contribution is -2.40. The van der Waals surface area contributed by atoms with Gasteiger partial charge in [-0.1, -0.05) is 0 Å². The Labute approximate surface area is 171 Å². The number of aromatic nitrogens is 1. The van der Waals surface area contributed by atoms with Crippen molar-refractivity contribution in [1.29, 1.82) is 0 Å². The van der Waals surface area contributed by atoms with Gasteiger partial charge in [0.1, 0.15) is 5.60 Å². The van der Waals surface area contributed by atoms with Crippen molar-refractivity contribution in [2.75, 3.05) is 33.3 Å². The molecule has 1 fully saturated rings. The molecular weight excluding hydrogens is 394 g/mol. The van der Waals surface area contributed by atoms with Gasteiger partial charge in [-0.3, -0.25) is 0 Å². The molecule has 1 amide bonds. The normalized spacial score (nSPS) is 16.5. The summed E-state index contributed by atoms with van der Waals surface area (Å²) in [4.78, 5) is 18.2. The molecule has 3 rings (SSSR count). The van der Waals surface area contributed by atoms with E-state index in [9.17, 15) is 13.2 Å². The molecule has 1 saturated heterocycles. The highest BCUT2D eigenvalue weighted by molar-refractivity contribution is 7.89. The summed E-state index contributed by atoms with van der Waals surface area (Å²) in [5, 5.41) is 1.49. The predicted molar refractivity (Wildman–Crippen MR) is 109 cm³/mol. The molecule has 1 aliphatic heterocycles. The van der Waals surface area contributed by atoms with Crippen LogP contribution in [0.15, 0.2) is 35.4 Å². The van der Waals surface area contributed by atoms with Gasteiger partial charge >= 0.3 is 6.09 Å². The molecule has 0 bridgehead atoms. The number of amides is 1. The average molecular weight is 422 g/mol. The summed E-state index contributed by atoms with van der Waals surface area (Å²) in [5.41, 5.74) is -0.587. The van der Waals surface area contributed by atoms with Crippen LogP contribution in [0, 0.1) is 0 Å². The summed E-state index contributed by atoms with van der Waals surface area (Å²) < 4.78 is 38.4. The van der Waals surface area contributed by atoms with Crippen LogP contribution in [0.1, 0.15) is 27.2 Å². The van der Waals surface area contributed by atoms with Gasteiger partial charge in [-0.15, -0.1) is 0 Å². The van der Waals surface area contributed by atoms with E-state index in [1.165, 1.54) is 11.4 Å². The zero-order valence-electron chi connectivity index (χ0n) is 17.2. The van der Waals surface area contributed by atoms with Crippen molar-refractivity contribution in [1.82, 2.24) is 14.2 Å². The van der Waals surface area contributed by atoms with Crippen molar-refractivity contribution in [3.05, 3.63) is 30.5 Å². The maximum absolute atomic E-state index is 13.2. The van der Waals surface area contributed by atoms with E-state index in [0.717, 1.165) is 10.8 Å². The first-order valence-electron chi connectivity index (χ1n) is 9.53. The number of carbonyl (C=O) groups excluding carboxylic acids is 1. The van der Waals surface area contributed by atoms with Crippen molar-refractivity contribution < 1.29 is 22.7 Å². The van der Waals surface area contributed by atoms with Crippen molar-refractivity contribution in [3.8, 4) is 5.88 Å². The molecule has 1 aromatic heterocycles. The Morgan fingerprint density at radius 1 is 1.10 bits per heavy atom. The molecule has 2 heterocycles. The lowest BCUT2D eigenvalue weighted by Gasteiger charge is -2.26. The Morgan fingerprint density at radius 3 is 2.55 bits per heavy atom. The highest BCUT2D eigenvalue weighted by Gasteiger charge is 2.30. The number of rotatable bonds is 3. The number of ether oxygens (including phenoxy) is 2. The second-order valence-electron chi connectivity index (χ2n) is 7.93. The number of methoxy groups -OCH3 is 1. The molecule has 0 spiro atoms. The molecular formula is C20H27N3O5S. The fourth-order valence-corrected chi connectivity index (χ4v) is 4.75. The molecule has 8 nitrogen and oxygen atoms in total. The third kappa shape index (κ3) is 4.79. The topological polar surface area (TPSA) is 89.0 Å². The second-order valence-corrected chi connectivity index (χ2v) is 9.87. The number of nitrogens with zero attached hydrogens (tertiary/aromatic N) is 3. The molecule has 0 unspecified atom stereocenters. The molecule has 29 heavy (non-hydrogen) atoms. The Hall–Kier alpha value is -2.39. The van der Waals surface area contributed by atoms with E-state index in [1.54, 1.807) is 35.4 Å². The SMILES string of the molecule is COc1nccc2cc(S(=O)(=O)N3CCCN(C(=O)OC(C)(C)C)CC3)ccc12. The van der Waals surface area contributed by atoms with Crippen molar-refractivity contribution >= 4 is 26.9 Å². The van der Waals surface area contributed by atoms with Crippen molar-refractivity contribution in [2.45, 2.75) is 37.7 Å². The maximum Gasteiger partial charge on any atom is 0.410 e. The van der Waals surface area contributed by atoms with Crippen LogP contribution in [0.5, 0.6) is 5.88 Å². The summed E-state index contributed by atoms with van der Waals surface area (Å²) in [6, 6.07) is 6.66. The second kappa shape index (κ2) is 8.16. The van der Waals surface area contributed by atoms with E-state index in [-0.39, 0.29) is 11.4 Å². The molecule has 0 N–H and O–H groups in total. The van der Waals surface area contributed by atoms with Gasteiger partial charge in [-0.2, -0.15) is 4.31 Å². The van der Waals surface area contributed by atoms with Gasteiger partial charge < -0.3 is 14.4 Å². The number of pyridine rings is 1. The van der Waals surface area contributed by atoms with Crippen LogP contribution in [-0.4, -0.2) is 67.6 Å². The van der Waals surface area contributed by atoms with Gasteiger partial charge in [-0.25, -0.2) is 18.2 Å². The van der Waals surface area contributed by atoms with E-state index in [0.29, 0.717) is 31.9 Å². The van der Waals surface area contributed by atoms with Crippen LogP contribution >= 0.6 is 0 Å². The molecule has 158 valence electrons. The first-order chi connectivity index (χ1) is 13.6. The minimum absolute atomic E-state index is 0.212. The lowest BCUT2D eigenvalue weighted by molar-refractivity contribution is 0.0260. The Morgan fingerprint density at radius 2 is 1.86 bits per heavy atom. The van der Waals surface area contributed by atoms with Crippen LogP contribution < -0.4 is 4.74 Å². The summed E-state index contributed by atoms with van der Waals surface area (Å²) in [6.45, 7) is 6.75. The zero-order chi connectivity index (χ0) is 21.2. The van der Waals surface area contributed by atoms with Gasteiger partial charge in [0.25, 0.3) is 0 Å². The first kappa shape index (κ1) is 21.3. The zero-order valence-corrected chi connectivity index (χ0v) is 18.0. The predicted octanol–water partition coefficient (Wildman–Crippen LogP) is 2.87. The number of benzene rings is 1. The summed E-state index contributed by atoms with van der Waals surface area (Å²) in [6.07, 6.45) is 1.72. The molecule has 0 radical (unpaired) electrons. The van der Waals surface area contributed by atoms with Crippen molar-refractivity contribution in [2.24, 2.45) is 0 Å². The number of hydrogen-bond donors (Lipinski definition) is 0. The summed E-state index contributed by atoms with van der Waals surface area (Å²) in [7, 11) is -2.16. The minimum atomic E-state index is -3.69. The number of sulfonamides is 1. The van der Waals surface area contributed by atoms with Gasteiger partial charge in [0.05, 0.1) is 12.0 Å². The van der Waals surface area contributed by atoms with Crippen LogP contribution in [0.4, 0.5) is 4.79 Å². The Bertz CT molecular complexity index is 1000. The lowest BCUT2D eigenvalue weighted by atomic mass is 10.2. The van der Waals surface area contributed by atoms with Gasteiger partial charge in [0, 0.05) is 37.8 Å². The fraction of sp³-hybridized carbons (Fsp3) is 0.500. The molecule has 0 atom stereocenters. The smallest absolute Gasteiger partial charge is 0.410 e. The van der Waals surface area contributed by atoms with Crippen LogP contribution in [-0.2, 0) is 14.8 Å². The number of hydrogen-bond acceptors (Lipinski definition) is 6. The van der Waals surface area contributed by atoms with Crippen LogP contribution in [0.2, 0.25) is 0 Å². The molecule has 9 heteroatoms. The third-order valence-corrected chi connectivity index (χ3v) is 6.53. The first-order valence-corrected chi connectivity index (χ1v) is 11.0. The van der Waals surface area contributed by atoms with Crippen molar-refractivity contribution in [3.63, 3.8) is 0 Å². The molecule has 2 aromatic rings.